The molecule has 0 unspecified atom stereocenters. The largest absolute Gasteiger partial charge is 0.494 e. The zero-order chi connectivity index (χ0) is 26.4. The highest BCUT2D eigenvalue weighted by molar-refractivity contribution is 7.90. The molecule has 196 valence electrons. The average Bonchev–Trinajstić information content (AvgIpc) is 3.50. The Bertz CT molecular complexity index is 1440. The first-order valence-electron chi connectivity index (χ1n) is 11.9. The van der Waals surface area contributed by atoms with Crippen LogP contribution in [-0.4, -0.2) is 32.0 Å². The molecule has 1 heterocycles. The summed E-state index contributed by atoms with van der Waals surface area (Å²) in [5.74, 6) is 0.894. The standard InChI is InChI=1S/C27H25F4NO4S/c1-37(33,34)8-2-7-35-20-4-5-21(24(13-20)27(29,30)31)16-3-6-25(28)19(9-16)15-36-26-12-18-10-17-11-22(17)23(18)14-32-26/h3-6,9,12-14,17,22H,2,7-8,10-11,15H2,1H3/t17-,22+/m0/s1. The lowest BCUT2D eigenvalue weighted by Gasteiger charge is -2.16. The van der Waals surface area contributed by atoms with Gasteiger partial charge in [-0.25, -0.2) is 17.8 Å². The Labute approximate surface area is 212 Å². The summed E-state index contributed by atoms with van der Waals surface area (Å²) < 4.78 is 89.7. The van der Waals surface area contributed by atoms with Crippen molar-refractivity contribution in [3.63, 3.8) is 0 Å². The molecule has 5 nitrogen and oxygen atoms in total. The van der Waals surface area contributed by atoms with E-state index in [0.717, 1.165) is 24.8 Å². The predicted molar refractivity (Wildman–Crippen MR) is 130 cm³/mol. The summed E-state index contributed by atoms with van der Waals surface area (Å²) >= 11 is 0. The van der Waals surface area contributed by atoms with Crippen LogP contribution in [0, 0.1) is 11.7 Å². The molecule has 10 heteroatoms. The number of sulfone groups is 1. The van der Waals surface area contributed by atoms with Crippen molar-refractivity contribution in [1.29, 1.82) is 0 Å². The van der Waals surface area contributed by atoms with Crippen LogP contribution in [0.25, 0.3) is 11.1 Å². The molecule has 5 rings (SSSR count). The Hall–Kier alpha value is -3.14. The average molecular weight is 536 g/mol. The fraction of sp³-hybridized carbons (Fsp3) is 0.370. The molecule has 37 heavy (non-hydrogen) atoms. The van der Waals surface area contributed by atoms with Crippen molar-refractivity contribution >= 4 is 9.84 Å². The fourth-order valence-electron chi connectivity index (χ4n) is 4.83. The first kappa shape index (κ1) is 25.5. The van der Waals surface area contributed by atoms with Gasteiger partial charge in [0, 0.05) is 24.1 Å². The van der Waals surface area contributed by atoms with Gasteiger partial charge in [-0.2, -0.15) is 13.2 Å². The van der Waals surface area contributed by atoms with Crippen molar-refractivity contribution in [2.45, 2.75) is 38.0 Å². The van der Waals surface area contributed by atoms with Gasteiger partial charge in [0.1, 0.15) is 28.0 Å². The Morgan fingerprint density at radius 1 is 1.08 bits per heavy atom. The van der Waals surface area contributed by atoms with E-state index in [1.54, 1.807) is 6.20 Å². The van der Waals surface area contributed by atoms with Crippen LogP contribution < -0.4 is 9.47 Å². The maximum atomic E-state index is 14.5. The summed E-state index contributed by atoms with van der Waals surface area (Å²) in [6.07, 6.45) is 0.528. The zero-order valence-corrected chi connectivity index (χ0v) is 20.8. The van der Waals surface area contributed by atoms with Gasteiger partial charge in [0.15, 0.2) is 0 Å². The van der Waals surface area contributed by atoms with Crippen LogP contribution in [0.4, 0.5) is 17.6 Å². The van der Waals surface area contributed by atoms with Crippen molar-refractivity contribution in [2.24, 2.45) is 5.92 Å². The number of alkyl halides is 3. The van der Waals surface area contributed by atoms with E-state index in [9.17, 15) is 26.0 Å². The highest BCUT2D eigenvalue weighted by Gasteiger charge is 2.45. The van der Waals surface area contributed by atoms with Crippen LogP contribution in [0.5, 0.6) is 11.6 Å². The lowest BCUT2D eigenvalue weighted by Crippen LogP contribution is -2.10. The molecule has 0 amide bonds. The molecule has 3 aromatic rings. The summed E-state index contributed by atoms with van der Waals surface area (Å²) in [5.41, 5.74) is 1.65. The van der Waals surface area contributed by atoms with Gasteiger partial charge in [-0.1, -0.05) is 12.1 Å². The molecular weight excluding hydrogens is 510 g/mol. The summed E-state index contributed by atoms with van der Waals surface area (Å²) in [4.78, 5) is 4.31. The molecule has 2 aliphatic carbocycles. The van der Waals surface area contributed by atoms with E-state index in [4.69, 9.17) is 9.47 Å². The monoisotopic (exact) mass is 535 g/mol. The van der Waals surface area contributed by atoms with Gasteiger partial charge in [-0.15, -0.1) is 0 Å². The number of aromatic nitrogens is 1. The quantitative estimate of drug-likeness (QED) is 0.250. The first-order valence-corrected chi connectivity index (χ1v) is 14.0. The fourth-order valence-corrected chi connectivity index (χ4v) is 5.47. The third kappa shape index (κ3) is 5.89. The maximum Gasteiger partial charge on any atom is 0.417 e. The zero-order valence-electron chi connectivity index (χ0n) is 20.0. The van der Waals surface area contributed by atoms with Crippen molar-refractivity contribution < 1.29 is 35.5 Å². The van der Waals surface area contributed by atoms with Gasteiger partial charge in [-0.05, 0) is 77.6 Å². The van der Waals surface area contributed by atoms with Gasteiger partial charge in [0.05, 0.1) is 17.9 Å². The molecule has 0 spiro atoms. The van der Waals surface area contributed by atoms with E-state index in [1.807, 2.05) is 6.07 Å². The Balaban J connectivity index is 1.33. The number of hydrogen-bond acceptors (Lipinski definition) is 5. The van der Waals surface area contributed by atoms with E-state index in [2.05, 4.69) is 4.98 Å². The Morgan fingerprint density at radius 2 is 1.89 bits per heavy atom. The van der Waals surface area contributed by atoms with Crippen LogP contribution in [0.1, 0.15) is 41.0 Å². The summed E-state index contributed by atoms with van der Waals surface area (Å²) in [5, 5.41) is 0. The van der Waals surface area contributed by atoms with Crippen LogP contribution >= 0.6 is 0 Å². The van der Waals surface area contributed by atoms with Crippen molar-refractivity contribution in [2.75, 3.05) is 18.6 Å². The third-order valence-corrected chi connectivity index (χ3v) is 7.79. The number of nitrogens with zero attached hydrogens (tertiary/aromatic N) is 1. The molecule has 2 aliphatic rings. The van der Waals surface area contributed by atoms with E-state index >= 15 is 0 Å². The topological polar surface area (TPSA) is 65.5 Å². The van der Waals surface area contributed by atoms with Gasteiger partial charge in [0.2, 0.25) is 5.88 Å². The van der Waals surface area contributed by atoms with E-state index < -0.39 is 27.4 Å². The molecule has 0 N–H and O–H groups in total. The minimum atomic E-state index is -4.69. The van der Waals surface area contributed by atoms with E-state index in [-0.39, 0.29) is 47.8 Å². The summed E-state index contributed by atoms with van der Waals surface area (Å²) in [6.45, 7) is -0.221. The Kier molecular flexibility index (Phi) is 6.64. The molecule has 2 atom stereocenters. The molecule has 0 saturated heterocycles. The number of benzene rings is 2. The van der Waals surface area contributed by atoms with E-state index in [0.29, 0.717) is 17.7 Å². The van der Waals surface area contributed by atoms with Crippen LogP contribution in [0.3, 0.4) is 0 Å². The first-order chi connectivity index (χ1) is 17.5. The highest BCUT2D eigenvalue weighted by Crippen LogP contribution is 2.56. The second-order valence-corrected chi connectivity index (χ2v) is 11.9. The SMILES string of the molecule is CS(=O)(=O)CCCOc1ccc(-c2ccc(F)c(COc3cc4c(cn3)[C@@H]3C[C@@H]3C4)c2)c(C(F)(F)F)c1. The third-order valence-electron chi connectivity index (χ3n) is 6.76. The number of rotatable bonds is 9. The predicted octanol–water partition coefficient (Wildman–Crippen LogP) is 5.96. The van der Waals surface area contributed by atoms with E-state index in [1.165, 1.54) is 41.8 Å². The number of pyridine rings is 1. The normalized spacial score (nSPS) is 18.3. The highest BCUT2D eigenvalue weighted by atomic mass is 32.2. The molecule has 2 aromatic carbocycles. The molecule has 0 radical (unpaired) electrons. The second kappa shape index (κ2) is 9.63. The summed E-state index contributed by atoms with van der Waals surface area (Å²) in [7, 11) is -3.19. The molecule has 0 aliphatic heterocycles. The minimum absolute atomic E-state index is 0.0319. The van der Waals surface area contributed by atoms with Gasteiger partial charge in [0.25, 0.3) is 0 Å². The second-order valence-electron chi connectivity index (χ2n) is 9.66. The Morgan fingerprint density at radius 3 is 2.65 bits per heavy atom. The maximum absolute atomic E-state index is 14.5. The van der Waals surface area contributed by atoms with Crippen LogP contribution in [0.15, 0.2) is 48.7 Å². The smallest absolute Gasteiger partial charge is 0.417 e. The van der Waals surface area contributed by atoms with Crippen molar-refractivity contribution in [3.8, 4) is 22.8 Å². The summed E-state index contributed by atoms with van der Waals surface area (Å²) in [6, 6.07) is 9.12. The molecular formula is C27H25F4NO4S. The van der Waals surface area contributed by atoms with Crippen LogP contribution in [-0.2, 0) is 29.0 Å². The van der Waals surface area contributed by atoms with Gasteiger partial charge in [-0.3, -0.25) is 0 Å². The minimum Gasteiger partial charge on any atom is -0.494 e. The molecule has 1 aromatic heterocycles. The molecule has 0 bridgehead atoms. The lowest BCUT2D eigenvalue weighted by molar-refractivity contribution is -0.137. The number of ether oxygens (including phenoxy) is 2. The van der Waals surface area contributed by atoms with Gasteiger partial charge >= 0.3 is 6.18 Å². The lowest BCUT2D eigenvalue weighted by atomic mass is 9.97. The number of fused-ring (bicyclic) bond motifs is 3. The molecule has 1 fully saturated rings. The number of hydrogen-bond donors (Lipinski definition) is 0. The van der Waals surface area contributed by atoms with Crippen molar-refractivity contribution in [1.82, 2.24) is 4.98 Å². The number of halogens is 4. The molecule has 1 saturated carbocycles. The van der Waals surface area contributed by atoms with Crippen LogP contribution in [0.2, 0.25) is 0 Å². The van der Waals surface area contributed by atoms with Gasteiger partial charge < -0.3 is 9.47 Å². The van der Waals surface area contributed by atoms with Crippen molar-refractivity contribution in [3.05, 3.63) is 76.7 Å².